The topological polar surface area (TPSA) is 46.2 Å². The minimum absolute atomic E-state index is 0.114. The van der Waals surface area contributed by atoms with Gasteiger partial charge < -0.3 is 5.32 Å². The van der Waals surface area contributed by atoms with Crippen LogP contribution >= 0.6 is 0 Å². The number of nitrogens with one attached hydrogen (secondary N) is 1. The van der Waals surface area contributed by atoms with E-state index in [2.05, 4.69) is 12.2 Å². The van der Waals surface area contributed by atoms with E-state index < -0.39 is 9.84 Å². The first-order valence-electron chi connectivity index (χ1n) is 8.08. The molecule has 0 aromatic heterocycles. The third kappa shape index (κ3) is 3.86. The average molecular weight is 309 g/mol. The Labute approximate surface area is 129 Å². The van der Waals surface area contributed by atoms with Crippen LogP contribution in [0.5, 0.6) is 0 Å². The third-order valence-electron chi connectivity index (χ3n) is 4.53. The molecule has 1 aliphatic rings. The highest BCUT2D eigenvalue weighted by atomic mass is 32.2. The van der Waals surface area contributed by atoms with Gasteiger partial charge in [0.1, 0.15) is 0 Å². The van der Waals surface area contributed by atoms with Gasteiger partial charge in [-0.1, -0.05) is 50.1 Å². The van der Waals surface area contributed by atoms with Crippen LogP contribution in [0.1, 0.15) is 57.6 Å². The van der Waals surface area contributed by atoms with Crippen molar-refractivity contribution >= 4 is 9.84 Å². The molecule has 0 heterocycles. The Morgan fingerprint density at radius 2 is 1.81 bits per heavy atom. The van der Waals surface area contributed by atoms with Crippen molar-refractivity contribution in [3.05, 3.63) is 35.9 Å². The largest absolute Gasteiger partial charge is 0.309 e. The monoisotopic (exact) mass is 309 g/mol. The minimum Gasteiger partial charge on any atom is -0.309 e. The van der Waals surface area contributed by atoms with E-state index >= 15 is 0 Å². The van der Waals surface area contributed by atoms with E-state index in [0.29, 0.717) is 0 Å². The minimum atomic E-state index is -3.08. The predicted octanol–water partition coefficient (Wildman–Crippen LogP) is 3.47. The molecule has 0 amide bonds. The van der Waals surface area contributed by atoms with Gasteiger partial charge in [0.25, 0.3) is 0 Å². The molecule has 0 radical (unpaired) electrons. The highest BCUT2D eigenvalue weighted by molar-refractivity contribution is 7.92. The van der Waals surface area contributed by atoms with Gasteiger partial charge in [0, 0.05) is 6.04 Å². The van der Waals surface area contributed by atoms with Gasteiger partial charge in [0.05, 0.1) is 10.5 Å². The lowest BCUT2D eigenvalue weighted by molar-refractivity contribution is 0.491. The van der Waals surface area contributed by atoms with E-state index in [1.807, 2.05) is 37.3 Å². The molecular formula is C17H27NO2S. The number of rotatable bonds is 7. The Kier molecular flexibility index (Phi) is 5.82. The average Bonchev–Trinajstić information content (AvgIpc) is 3.03. The zero-order valence-corrected chi connectivity index (χ0v) is 13.9. The fourth-order valence-electron chi connectivity index (χ4n) is 3.23. The molecule has 3 nitrogen and oxygen atoms in total. The van der Waals surface area contributed by atoms with Crippen LogP contribution in [0, 0.1) is 0 Å². The summed E-state index contributed by atoms with van der Waals surface area (Å²) in [6, 6.07) is 9.85. The third-order valence-corrected chi connectivity index (χ3v) is 7.24. The highest BCUT2D eigenvalue weighted by Crippen LogP contribution is 2.32. The van der Waals surface area contributed by atoms with Crippen LogP contribution in [-0.4, -0.2) is 25.5 Å². The van der Waals surface area contributed by atoms with Gasteiger partial charge >= 0.3 is 0 Å². The van der Waals surface area contributed by atoms with E-state index in [4.69, 9.17) is 0 Å². The Balaban J connectivity index is 2.23. The number of hydrogen-bond donors (Lipinski definition) is 1. The summed E-state index contributed by atoms with van der Waals surface area (Å²) in [7, 11) is -3.08. The predicted molar refractivity (Wildman–Crippen MR) is 88.1 cm³/mol. The second kappa shape index (κ2) is 7.41. The summed E-state index contributed by atoms with van der Waals surface area (Å²) in [5.41, 5.74) is 1.07. The van der Waals surface area contributed by atoms with Gasteiger partial charge in [-0.05, 0) is 38.3 Å². The van der Waals surface area contributed by atoms with Gasteiger partial charge in [-0.25, -0.2) is 8.42 Å². The molecule has 1 N–H and O–H groups in total. The summed E-state index contributed by atoms with van der Waals surface area (Å²) in [6.07, 6.45) is 4.77. The van der Waals surface area contributed by atoms with Crippen molar-refractivity contribution in [3.8, 4) is 0 Å². The van der Waals surface area contributed by atoms with Gasteiger partial charge in [0.15, 0.2) is 9.84 Å². The van der Waals surface area contributed by atoms with Crippen molar-refractivity contribution < 1.29 is 8.42 Å². The van der Waals surface area contributed by atoms with Crippen molar-refractivity contribution in [3.63, 3.8) is 0 Å². The molecule has 4 heteroatoms. The Morgan fingerprint density at radius 1 is 1.19 bits per heavy atom. The smallest absolute Gasteiger partial charge is 0.157 e. The second-order valence-corrected chi connectivity index (χ2v) is 8.63. The van der Waals surface area contributed by atoms with Crippen molar-refractivity contribution in [1.82, 2.24) is 5.32 Å². The first-order valence-corrected chi connectivity index (χ1v) is 9.69. The van der Waals surface area contributed by atoms with E-state index in [1.54, 1.807) is 0 Å². The molecule has 1 aromatic carbocycles. The molecule has 0 spiro atoms. The summed E-state index contributed by atoms with van der Waals surface area (Å²) in [6.45, 7) is 4.81. The lowest BCUT2D eigenvalue weighted by Crippen LogP contribution is -2.39. The van der Waals surface area contributed by atoms with Crippen LogP contribution in [0.4, 0.5) is 0 Å². The maximum atomic E-state index is 12.9. The van der Waals surface area contributed by atoms with Crippen molar-refractivity contribution in [2.24, 2.45) is 0 Å². The van der Waals surface area contributed by atoms with Crippen molar-refractivity contribution in [2.45, 2.75) is 62.5 Å². The van der Waals surface area contributed by atoms with Crippen LogP contribution in [0.3, 0.4) is 0 Å². The summed E-state index contributed by atoms with van der Waals surface area (Å²) < 4.78 is 25.7. The molecule has 0 bridgehead atoms. The molecule has 21 heavy (non-hydrogen) atoms. The van der Waals surface area contributed by atoms with Gasteiger partial charge in [-0.2, -0.15) is 0 Å². The van der Waals surface area contributed by atoms with E-state index in [9.17, 15) is 8.42 Å². The Bertz CT molecular complexity index is 521. The molecule has 1 aromatic rings. The van der Waals surface area contributed by atoms with Crippen LogP contribution in [-0.2, 0) is 9.84 Å². The fraction of sp³-hybridized carbons (Fsp3) is 0.647. The molecule has 2 atom stereocenters. The highest BCUT2D eigenvalue weighted by Gasteiger charge is 2.37. The standard InChI is InChI=1S/C17H27NO2S/c1-3-13-18-17(15-9-5-4-6-10-15)14(2)21(19,20)16-11-7-8-12-16/h4-6,9-10,14,16-18H,3,7-8,11-13H2,1-2H3. The maximum absolute atomic E-state index is 12.9. The molecule has 0 saturated heterocycles. The lowest BCUT2D eigenvalue weighted by Gasteiger charge is -2.28. The summed E-state index contributed by atoms with van der Waals surface area (Å²) in [5.74, 6) is 0. The van der Waals surface area contributed by atoms with Crippen LogP contribution in [0.15, 0.2) is 30.3 Å². The number of benzene rings is 1. The zero-order valence-electron chi connectivity index (χ0n) is 13.1. The van der Waals surface area contributed by atoms with E-state index in [-0.39, 0.29) is 16.5 Å². The number of hydrogen-bond acceptors (Lipinski definition) is 3. The maximum Gasteiger partial charge on any atom is 0.157 e. The lowest BCUT2D eigenvalue weighted by atomic mass is 10.0. The zero-order chi connectivity index (χ0) is 15.3. The Morgan fingerprint density at radius 3 is 2.38 bits per heavy atom. The normalized spacial score (nSPS) is 19.5. The first-order chi connectivity index (χ1) is 10.1. The summed E-state index contributed by atoms with van der Waals surface area (Å²) in [5, 5.41) is 2.92. The van der Waals surface area contributed by atoms with Crippen LogP contribution in [0.25, 0.3) is 0 Å². The molecule has 1 saturated carbocycles. The van der Waals surface area contributed by atoms with E-state index in [0.717, 1.165) is 44.2 Å². The van der Waals surface area contributed by atoms with Gasteiger partial charge in [-0.15, -0.1) is 0 Å². The molecule has 1 aliphatic carbocycles. The molecule has 118 valence electrons. The van der Waals surface area contributed by atoms with Crippen molar-refractivity contribution in [2.75, 3.05) is 6.54 Å². The first kappa shape index (κ1) is 16.5. The van der Waals surface area contributed by atoms with Gasteiger partial charge in [0.2, 0.25) is 0 Å². The fourth-order valence-corrected chi connectivity index (χ4v) is 5.46. The van der Waals surface area contributed by atoms with Gasteiger partial charge in [-0.3, -0.25) is 0 Å². The van der Waals surface area contributed by atoms with Crippen LogP contribution in [0.2, 0.25) is 0 Å². The summed E-state index contributed by atoms with van der Waals surface area (Å²) >= 11 is 0. The molecule has 2 unspecified atom stereocenters. The molecule has 1 fully saturated rings. The van der Waals surface area contributed by atoms with Crippen molar-refractivity contribution in [1.29, 1.82) is 0 Å². The molecular weight excluding hydrogens is 282 g/mol. The number of sulfone groups is 1. The second-order valence-electron chi connectivity index (χ2n) is 6.04. The quantitative estimate of drug-likeness (QED) is 0.839. The van der Waals surface area contributed by atoms with E-state index in [1.165, 1.54) is 0 Å². The van der Waals surface area contributed by atoms with Crippen LogP contribution < -0.4 is 5.32 Å². The molecule has 2 rings (SSSR count). The molecule has 0 aliphatic heterocycles. The summed E-state index contributed by atoms with van der Waals surface area (Å²) in [4.78, 5) is 0. The Hall–Kier alpha value is -0.870. The SMILES string of the molecule is CCCNC(c1ccccc1)C(C)S(=O)(=O)C1CCCC1.